The lowest BCUT2D eigenvalue weighted by molar-refractivity contribution is 0.737. The predicted octanol–water partition coefficient (Wildman–Crippen LogP) is 2.74. The first kappa shape index (κ1) is 11.3. The van der Waals surface area contributed by atoms with Gasteiger partial charge in [0.05, 0.1) is 5.69 Å². The van der Waals surface area contributed by atoms with E-state index >= 15 is 0 Å². The summed E-state index contributed by atoms with van der Waals surface area (Å²) in [4.78, 5) is 4.24. The van der Waals surface area contributed by atoms with Gasteiger partial charge < -0.3 is 0 Å². The number of rotatable bonds is 3. The first-order chi connectivity index (χ1) is 7.65. The Morgan fingerprint density at radius 3 is 2.69 bits per heavy atom. The van der Waals surface area contributed by atoms with Crippen LogP contribution in [-0.2, 0) is 6.42 Å². The molecule has 4 nitrogen and oxygen atoms in total. The van der Waals surface area contributed by atoms with E-state index in [9.17, 15) is 0 Å². The van der Waals surface area contributed by atoms with E-state index in [1.807, 2.05) is 18.2 Å². The van der Waals surface area contributed by atoms with Crippen molar-refractivity contribution in [2.75, 3.05) is 0 Å². The standard InChI is InChI=1S/C11H15ClN4/c1-4-5-6-9-14-15-11-10(12)13-7(2)8(3)16(9)11/h4-6H2,1-3H3. The molecule has 0 aliphatic rings. The summed E-state index contributed by atoms with van der Waals surface area (Å²) in [6.45, 7) is 6.13. The van der Waals surface area contributed by atoms with Gasteiger partial charge in [-0.15, -0.1) is 10.2 Å². The van der Waals surface area contributed by atoms with Crippen LogP contribution in [0.5, 0.6) is 0 Å². The van der Waals surface area contributed by atoms with Crippen LogP contribution >= 0.6 is 11.6 Å². The Morgan fingerprint density at radius 2 is 2.00 bits per heavy atom. The van der Waals surface area contributed by atoms with Crippen molar-refractivity contribution in [2.24, 2.45) is 0 Å². The molecule has 2 heterocycles. The van der Waals surface area contributed by atoms with Crippen molar-refractivity contribution in [3.05, 3.63) is 22.4 Å². The molecular weight excluding hydrogens is 224 g/mol. The molecular formula is C11H15ClN4. The largest absolute Gasteiger partial charge is 0.279 e. The van der Waals surface area contributed by atoms with Crippen LogP contribution in [0.3, 0.4) is 0 Å². The van der Waals surface area contributed by atoms with E-state index in [0.717, 1.165) is 36.5 Å². The number of hydrogen-bond acceptors (Lipinski definition) is 3. The van der Waals surface area contributed by atoms with Crippen LogP contribution in [0.25, 0.3) is 5.65 Å². The molecule has 0 radical (unpaired) electrons. The number of nitrogens with zero attached hydrogens (tertiary/aromatic N) is 4. The van der Waals surface area contributed by atoms with Gasteiger partial charge in [0.25, 0.3) is 0 Å². The second kappa shape index (κ2) is 4.37. The summed E-state index contributed by atoms with van der Waals surface area (Å²) in [6, 6.07) is 0. The van der Waals surface area contributed by atoms with Gasteiger partial charge in [0.1, 0.15) is 5.82 Å². The quantitative estimate of drug-likeness (QED) is 0.826. The lowest BCUT2D eigenvalue weighted by Crippen LogP contribution is -2.03. The minimum atomic E-state index is 0.429. The van der Waals surface area contributed by atoms with Gasteiger partial charge in [-0.1, -0.05) is 24.9 Å². The third-order valence-electron chi connectivity index (χ3n) is 2.79. The SMILES string of the molecule is CCCCc1nnc2c(Cl)nc(C)c(C)n12. The fraction of sp³-hybridized carbons (Fsp3) is 0.545. The molecule has 2 aromatic rings. The Labute approximate surface area is 99.7 Å². The van der Waals surface area contributed by atoms with Crippen molar-refractivity contribution in [1.82, 2.24) is 19.6 Å². The maximum atomic E-state index is 6.05. The lowest BCUT2D eigenvalue weighted by atomic mass is 10.2. The Kier molecular flexibility index (Phi) is 3.10. The molecule has 0 unspecified atom stereocenters. The van der Waals surface area contributed by atoms with Crippen molar-refractivity contribution in [1.29, 1.82) is 0 Å². The average molecular weight is 239 g/mol. The van der Waals surface area contributed by atoms with Crippen LogP contribution in [0.15, 0.2) is 0 Å². The monoisotopic (exact) mass is 238 g/mol. The topological polar surface area (TPSA) is 43.1 Å². The molecule has 0 amide bonds. The van der Waals surface area contributed by atoms with E-state index in [0.29, 0.717) is 10.8 Å². The minimum absolute atomic E-state index is 0.429. The maximum absolute atomic E-state index is 6.05. The minimum Gasteiger partial charge on any atom is -0.279 e. The van der Waals surface area contributed by atoms with E-state index in [1.165, 1.54) is 0 Å². The number of halogens is 1. The second-order valence-corrected chi connectivity index (χ2v) is 4.31. The molecule has 0 fully saturated rings. The second-order valence-electron chi connectivity index (χ2n) is 3.95. The Balaban J connectivity index is 2.60. The molecule has 5 heteroatoms. The number of unbranched alkanes of at least 4 members (excludes halogenated alkanes) is 1. The third kappa shape index (κ3) is 1.78. The highest BCUT2D eigenvalue weighted by Crippen LogP contribution is 2.18. The van der Waals surface area contributed by atoms with Gasteiger partial charge >= 0.3 is 0 Å². The molecule has 0 saturated heterocycles. The highest BCUT2D eigenvalue weighted by molar-refractivity contribution is 6.32. The van der Waals surface area contributed by atoms with E-state index in [2.05, 4.69) is 22.1 Å². The first-order valence-corrected chi connectivity index (χ1v) is 5.89. The highest BCUT2D eigenvalue weighted by Gasteiger charge is 2.13. The summed E-state index contributed by atoms with van der Waals surface area (Å²) < 4.78 is 2.01. The van der Waals surface area contributed by atoms with Gasteiger partial charge in [0, 0.05) is 12.1 Å². The Bertz CT molecular complexity index is 518. The summed E-state index contributed by atoms with van der Waals surface area (Å²) in [5, 5.41) is 8.70. The van der Waals surface area contributed by atoms with Crippen LogP contribution in [0.2, 0.25) is 5.15 Å². The molecule has 2 rings (SSSR count). The maximum Gasteiger partial charge on any atom is 0.198 e. The molecule has 0 aliphatic carbocycles. The van der Waals surface area contributed by atoms with Crippen molar-refractivity contribution in [2.45, 2.75) is 40.0 Å². The summed E-state index contributed by atoms with van der Waals surface area (Å²) in [5.74, 6) is 0.974. The highest BCUT2D eigenvalue weighted by atomic mass is 35.5. The first-order valence-electron chi connectivity index (χ1n) is 5.51. The Hall–Kier alpha value is -1.16. The number of aromatic nitrogens is 4. The molecule has 0 saturated carbocycles. The molecule has 0 aliphatic heterocycles. The molecule has 0 aromatic carbocycles. The molecule has 0 bridgehead atoms. The lowest BCUT2D eigenvalue weighted by Gasteiger charge is -2.06. The van der Waals surface area contributed by atoms with Gasteiger partial charge in [0.2, 0.25) is 0 Å². The summed E-state index contributed by atoms with van der Waals surface area (Å²) in [6.07, 6.45) is 3.18. The zero-order chi connectivity index (χ0) is 11.7. The van der Waals surface area contributed by atoms with Crippen molar-refractivity contribution in [3.8, 4) is 0 Å². The zero-order valence-corrected chi connectivity index (χ0v) is 10.5. The molecule has 86 valence electrons. The van der Waals surface area contributed by atoms with Crippen LogP contribution in [-0.4, -0.2) is 19.6 Å². The van der Waals surface area contributed by atoms with Crippen LogP contribution in [0.4, 0.5) is 0 Å². The van der Waals surface area contributed by atoms with E-state index in [-0.39, 0.29) is 0 Å². The number of aryl methyl sites for hydroxylation is 3. The fourth-order valence-electron chi connectivity index (χ4n) is 1.74. The molecule has 16 heavy (non-hydrogen) atoms. The van der Waals surface area contributed by atoms with Gasteiger partial charge in [-0.3, -0.25) is 4.40 Å². The summed E-state index contributed by atoms with van der Waals surface area (Å²) in [5.41, 5.74) is 2.65. The number of hydrogen-bond donors (Lipinski definition) is 0. The van der Waals surface area contributed by atoms with E-state index < -0.39 is 0 Å². The molecule has 0 atom stereocenters. The fourth-order valence-corrected chi connectivity index (χ4v) is 1.99. The third-order valence-corrected chi connectivity index (χ3v) is 3.05. The predicted molar refractivity (Wildman–Crippen MR) is 63.9 cm³/mol. The molecule has 2 aromatic heterocycles. The van der Waals surface area contributed by atoms with Gasteiger partial charge in [-0.2, -0.15) is 0 Å². The van der Waals surface area contributed by atoms with Gasteiger partial charge in [0.15, 0.2) is 10.8 Å². The molecule has 0 N–H and O–H groups in total. The summed E-state index contributed by atoms with van der Waals surface area (Å²) in [7, 11) is 0. The summed E-state index contributed by atoms with van der Waals surface area (Å²) >= 11 is 6.05. The van der Waals surface area contributed by atoms with E-state index in [4.69, 9.17) is 11.6 Å². The zero-order valence-electron chi connectivity index (χ0n) is 9.79. The van der Waals surface area contributed by atoms with Crippen molar-refractivity contribution < 1.29 is 0 Å². The van der Waals surface area contributed by atoms with Gasteiger partial charge in [-0.25, -0.2) is 4.98 Å². The Morgan fingerprint density at radius 1 is 1.25 bits per heavy atom. The van der Waals surface area contributed by atoms with Gasteiger partial charge in [-0.05, 0) is 20.3 Å². The van der Waals surface area contributed by atoms with E-state index in [1.54, 1.807) is 0 Å². The van der Waals surface area contributed by atoms with Crippen LogP contribution in [0, 0.1) is 13.8 Å². The average Bonchev–Trinajstić information content (AvgIpc) is 2.67. The smallest absolute Gasteiger partial charge is 0.198 e. The van der Waals surface area contributed by atoms with Crippen LogP contribution < -0.4 is 0 Å². The number of fused-ring (bicyclic) bond motifs is 1. The van der Waals surface area contributed by atoms with Crippen LogP contribution in [0.1, 0.15) is 37.0 Å². The van der Waals surface area contributed by atoms with Crippen molar-refractivity contribution >= 4 is 17.2 Å². The normalized spacial score (nSPS) is 11.2. The van der Waals surface area contributed by atoms with Crippen molar-refractivity contribution in [3.63, 3.8) is 0 Å². The molecule has 0 spiro atoms.